The highest BCUT2D eigenvalue weighted by atomic mass is 127. The van der Waals surface area contributed by atoms with E-state index < -0.39 is 12.7 Å². The SMILES string of the molecule is CCCCC1=NC2(CCCC2)C(=O)N1Cc1ccc(I)cc1.OB(O)c1ccccc1-c1nn[nH]n1. The first-order valence-electron chi connectivity index (χ1n) is 12.3. The quantitative estimate of drug-likeness (QED) is 0.283. The third kappa shape index (κ3) is 6.01. The van der Waals surface area contributed by atoms with Crippen LogP contribution >= 0.6 is 22.6 Å². The number of amidine groups is 1. The number of unbranched alkanes of at least 4 members (excludes halogenated alkanes) is 1. The van der Waals surface area contributed by atoms with Gasteiger partial charge >= 0.3 is 7.12 Å². The number of tetrazole rings is 1. The molecule has 188 valence electrons. The Morgan fingerprint density at radius 2 is 1.83 bits per heavy atom. The molecule has 2 aliphatic rings. The molecule has 0 radical (unpaired) electrons. The number of aliphatic imine (C=N–C) groups is 1. The summed E-state index contributed by atoms with van der Waals surface area (Å²) in [4.78, 5) is 19.9. The molecule has 36 heavy (non-hydrogen) atoms. The van der Waals surface area contributed by atoms with Crippen LogP contribution in [0, 0.1) is 3.57 Å². The molecule has 0 saturated heterocycles. The average Bonchev–Trinajstić information content (AvgIpc) is 3.64. The second kappa shape index (κ2) is 12.1. The van der Waals surface area contributed by atoms with Gasteiger partial charge in [-0.25, -0.2) is 0 Å². The first-order chi connectivity index (χ1) is 17.4. The van der Waals surface area contributed by atoms with Gasteiger partial charge in [0, 0.05) is 15.6 Å². The van der Waals surface area contributed by atoms with Gasteiger partial charge in [-0.05, 0) is 70.2 Å². The Morgan fingerprint density at radius 3 is 2.47 bits per heavy atom. The first kappa shape index (κ1) is 26.4. The molecule has 2 aromatic carbocycles. The number of hydrogen-bond acceptors (Lipinski definition) is 7. The van der Waals surface area contributed by atoms with E-state index in [1.165, 1.54) is 9.13 Å². The Bertz CT molecular complexity index is 1180. The largest absolute Gasteiger partial charge is 0.489 e. The number of aromatic amines is 1. The van der Waals surface area contributed by atoms with Gasteiger partial charge in [0.25, 0.3) is 5.91 Å². The lowest BCUT2D eigenvalue weighted by atomic mass is 9.77. The Hall–Kier alpha value is -2.64. The van der Waals surface area contributed by atoms with Crippen molar-refractivity contribution < 1.29 is 14.8 Å². The van der Waals surface area contributed by atoms with Gasteiger partial charge in [-0.15, -0.1) is 10.2 Å². The fourth-order valence-corrected chi connectivity index (χ4v) is 5.03. The predicted octanol–water partition coefficient (Wildman–Crippen LogP) is 3.08. The summed E-state index contributed by atoms with van der Waals surface area (Å²) < 4.78 is 1.22. The van der Waals surface area contributed by atoms with E-state index in [2.05, 4.69) is 74.4 Å². The zero-order valence-corrected chi connectivity index (χ0v) is 22.4. The van der Waals surface area contributed by atoms with Crippen LogP contribution in [0.2, 0.25) is 0 Å². The maximum Gasteiger partial charge on any atom is 0.489 e. The van der Waals surface area contributed by atoms with Gasteiger partial charge in [0.2, 0.25) is 5.82 Å². The van der Waals surface area contributed by atoms with Gasteiger partial charge in [0.05, 0.1) is 6.54 Å². The van der Waals surface area contributed by atoms with Crippen molar-refractivity contribution >= 4 is 46.9 Å². The number of rotatable bonds is 7. The van der Waals surface area contributed by atoms with Crippen molar-refractivity contribution in [1.29, 1.82) is 0 Å². The summed E-state index contributed by atoms with van der Waals surface area (Å²) in [6, 6.07) is 15.2. The van der Waals surface area contributed by atoms with Gasteiger partial charge in [-0.1, -0.05) is 62.6 Å². The molecule has 0 bridgehead atoms. The first-order valence-corrected chi connectivity index (χ1v) is 13.4. The number of benzene rings is 2. The highest BCUT2D eigenvalue weighted by Crippen LogP contribution is 2.40. The molecule has 5 rings (SSSR count). The molecule has 2 heterocycles. The maximum absolute atomic E-state index is 13.0. The van der Waals surface area contributed by atoms with E-state index in [1.807, 2.05) is 4.90 Å². The van der Waals surface area contributed by atoms with Crippen LogP contribution in [0.5, 0.6) is 0 Å². The Labute approximate surface area is 224 Å². The van der Waals surface area contributed by atoms with Crippen LogP contribution in [0.1, 0.15) is 57.4 Å². The van der Waals surface area contributed by atoms with Crippen LogP contribution in [0.25, 0.3) is 11.4 Å². The molecule has 0 atom stereocenters. The Morgan fingerprint density at radius 1 is 1.11 bits per heavy atom. The fraction of sp³-hybridized carbons (Fsp3) is 0.400. The van der Waals surface area contributed by atoms with Crippen molar-refractivity contribution in [1.82, 2.24) is 25.5 Å². The molecule has 1 aromatic heterocycles. The molecule has 1 aliphatic heterocycles. The lowest BCUT2D eigenvalue weighted by Crippen LogP contribution is -2.40. The minimum Gasteiger partial charge on any atom is -0.423 e. The molecule has 1 saturated carbocycles. The number of carbonyl (C=O) groups excluding carboxylic acids is 1. The smallest absolute Gasteiger partial charge is 0.423 e. The Balaban J connectivity index is 0.000000187. The van der Waals surface area contributed by atoms with Crippen molar-refractivity contribution in [2.75, 3.05) is 0 Å². The zero-order valence-electron chi connectivity index (χ0n) is 20.3. The van der Waals surface area contributed by atoms with Gasteiger partial charge in [-0.3, -0.25) is 14.7 Å². The van der Waals surface area contributed by atoms with Crippen LogP contribution < -0.4 is 5.46 Å². The second-order valence-corrected chi connectivity index (χ2v) is 10.3. The molecule has 1 aliphatic carbocycles. The van der Waals surface area contributed by atoms with Crippen molar-refractivity contribution in [2.45, 2.75) is 64.0 Å². The second-order valence-electron chi connectivity index (χ2n) is 9.08. The summed E-state index contributed by atoms with van der Waals surface area (Å²) in [6.45, 7) is 2.85. The van der Waals surface area contributed by atoms with Gasteiger partial charge < -0.3 is 10.0 Å². The number of carbonyl (C=O) groups is 1. The molecule has 11 heteroatoms. The molecule has 0 unspecified atom stereocenters. The number of nitrogens with one attached hydrogen (secondary N) is 1. The summed E-state index contributed by atoms with van der Waals surface area (Å²) in [6.07, 6.45) is 7.30. The van der Waals surface area contributed by atoms with E-state index in [1.54, 1.807) is 24.3 Å². The summed E-state index contributed by atoms with van der Waals surface area (Å²) in [5.41, 5.74) is 1.69. The Kier molecular flexibility index (Phi) is 8.86. The molecule has 3 aromatic rings. The number of amides is 1. The molecule has 1 amide bonds. The lowest BCUT2D eigenvalue weighted by molar-refractivity contribution is -0.131. The van der Waals surface area contributed by atoms with Gasteiger partial charge in [-0.2, -0.15) is 5.21 Å². The van der Waals surface area contributed by atoms with Crippen LogP contribution in [0.15, 0.2) is 53.5 Å². The molecule has 3 N–H and O–H groups in total. The molecule has 1 spiro atoms. The monoisotopic (exact) mass is 600 g/mol. The molecular weight excluding hydrogens is 570 g/mol. The average molecular weight is 600 g/mol. The third-order valence-corrected chi connectivity index (χ3v) is 7.28. The number of aromatic nitrogens is 4. The fourth-order valence-electron chi connectivity index (χ4n) is 4.67. The van der Waals surface area contributed by atoms with E-state index >= 15 is 0 Å². The van der Waals surface area contributed by atoms with Crippen molar-refractivity contribution in [3.05, 3.63) is 57.7 Å². The number of nitrogens with zero attached hydrogens (tertiary/aromatic N) is 5. The minimum absolute atomic E-state index is 0.245. The van der Waals surface area contributed by atoms with E-state index in [9.17, 15) is 4.79 Å². The standard InChI is InChI=1S/C18H23IN2O.C7H7BN4O2/c1-2-3-6-16-20-18(11-4-5-12-18)17(22)21(16)13-14-7-9-15(19)10-8-14;13-8(14)6-4-2-1-3-5(6)7-9-11-12-10-7/h7-10H,2-6,11-13H2,1H3;1-4,13-14H,(H,9,10,11,12). The summed E-state index contributed by atoms with van der Waals surface area (Å²) in [5.74, 6) is 1.61. The van der Waals surface area contributed by atoms with Crippen LogP contribution in [0.4, 0.5) is 0 Å². The van der Waals surface area contributed by atoms with Crippen LogP contribution in [0.3, 0.4) is 0 Å². The highest BCUT2D eigenvalue weighted by Gasteiger charge is 2.49. The summed E-state index contributed by atoms with van der Waals surface area (Å²) >= 11 is 2.31. The molecule has 9 nitrogen and oxygen atoms in total. The zero-order chi connectivity index (χ0) is 25.5. The minimum atomic E-state index is -1.54. The van der Waals surface area contributed by atoms with E-state index in [-0.39, 0.29) is 5.91 Å². The van der Waals surface area contributed by atoms with Crippen LogP contribution in [-0.4, -0.2) is 60.0 Å². The molecule has 1 fully saturated rings. The number of hydrogen-bond donors (Lipinski definition) is 3. The predicted molar refractivity (Wildman–Crippen MR) is 147 cm³/mol. The maximum atomic E-state index is 13.0. The van der Waals surface area contributed by atoms with Crippen molar-refractivity contribution in [3.8, 4) is 11.4 Å². The summed E-state index contributed by atoms with van der Waals surface area (Å²) in [5, 5.41) is 31.4. The van der Waals surface area contributed by atoms with Crippen molar-refractivity contribution in [2.24, 2.45) is 4.99 Å². The summed E-state index contributed by atoms with van der Waals surface area (Å²) in [7, 11) is -1.54. The lowest BCUT2D eigenvalue weighted by Gasteiger charge is -2.22. The van der Waals surface area contributed by atoms with E-state index in [0.29, 0.717) is 23.4 Å². The van der Waals surface area contributed by atoms with Gasteiger partial charge in [0.1, 0.15) is 11.4 Å². The molecular formula is C25H30BIN6O3. The van der Waals surface area contributed by atoms with Crippen LogP contribution in [-0.2, 0) is 11.3 Å². The van der Waals surface area contributed by atoms with E-state index in [0.717, 1.165) is 50.8 Å². The van der Waals surface area contributed by atoms with Crippen molar-refractivity contribution in [3.63, 3.8) is 0 Å². The number of halogens is 1. The van der Waals surface area contributed by atoms with Gasteiger partial charge in [0.15, 0.2) is 0 Å². The topological polar surface area (TPSA) is 128 Å². The number of H-pyrrole nitrogens is 1. The normalized spacial score (nSPS) is 16.2. The third-order valence-electron chi connectivity index (χ3n) is 6.56. The highest BCUT2D eigenvalue weighted by molar-refractivity contribution is 14.1. The van der Waals surface area contributed by atoms with E-state index in [4.69, 9.17) is 15.0 Å².